The van der Waals surface area contributed by atoms with E-state index in [2.05, 4.69) is 4.74 Å². The largest absolute Gasteiger partial charge is 0.492 e. The van der Waals surface area contributed by atoms with E-state index in [1.807, 2.05) is 0 Å². The molecule has 0 amide bonds. The third-order valence-corrected chi connectivity index (χ3v) is 0.718. The molecule has 0 spiro atoms. The van der Waals surface area contributed by atoms with Crippen LogP contribution >= 0.6 is 0 Å². The first kappa shape index (κ1) is 7.01. The van der Waals surface area contributed by atoms with Gasteiger partial charge in [0.1, 0.15) is 0 Å². The Bertz CT molecular complexity index is 118. The number of rotatable bonds is 2. The van der Waals surface area contributed by atoms with E-state index in [1.165, 1.54) is 14.0 Å². The maximum absolute atomic E-state index is 10.3. The number of carbonyl (C=O) groups excluding carboxylic acids is 1. The van der Waals surface area contributed by atoms with Crippen LogP contribution in [-0.2, 0) is 9.53 Å². The molecule has 0 heterocycles. The van der Waals surface area contributed by atoms with Crippen molar-refractivity contribution in [1.82, 2.24) is 0 Å². The summed E-state index contributed by atoms with van der Waals surface area (Å²) in [7, 11) is 1.40. The molecule has 0 aliphatic carbocycles. The molecule has 0 atom stereocenters. The molecule has 0 unspecified atom stereocenters. The first-order valence-corrected chi connectivity index (χ1v) is 2.19. The number of Topliss-reactive ketones (excluding diaryl/α,β-unsaturated/α-hetero) is 1. The highest BCUT2D eigenvalue weighted by Crippen LogP contribution is 1.91. The predicted molar refractivity (Wildman–Crippen MR) is 30.0 cm³/mol. The molecule has 0 radical (unpaired) electrons. The van der Waals surface area contributed by atoms with Crippen molar-refractivity contribution in [1.29, 1.82) is 0 Å². The van der Waals surface area contributed by atoms with Crippen molar-refractivity contribution >= 4 is 5.78 Å². The second kappa shape index (κ2) is 3.07. The van der Waals surface area contributed by atoms with Crippen LogP contribution in [0.25, 0.3) is 0 Å². The molecule has 0 aliphatic heterocycles. The Balaban J connectivity index is 3.92. The van der Waals surface area contributed by atoms with E-state index in [0.717, 1.165) is 6.20 Å². The molecule has 3 nitrogen and oxygen atoms in total. The summed E-state index contributed by atoms with van der Waals surface area (Å²) in [5, 5.41) is 0. The fraction of sp³-hybridized carbons (Fsp3) is 0.400. The average Bonchev–Trinajstić information content (AvgIpc) is 1.69. The van der Waals surface area contributed by atoms with E-state index in [1.54, 1.807) is 0 Å². The highest BCUT2D eigenvalue weighted by atomic mass is 16.5. The van der Waals surface area contributed by atoms with Gasteiger partial charge in [0.25, 0.3) is 0 Å². The molecule has 2 N–H and O–H groups in total. The molecule has 3 heteroatoms. The van der Waals surface area contributed by atoms with Gasteiger partial charge in [0.05, 0.1) is 7.11 Å². The molecule has 0 aromatic heterocycles. The number of allylic oxidation sites excluding steroid dienone is 1. The SMILES string of the molecule is CO/C(=C\N)C(C)=O. The smallest absolute Gasteiger partial charge is 0.195 e. The second-order valence-electron chi connectivity index (χ2n) is 1.29. The monoisotopic (exact) mass is 115 g/mol. The predicted octanol–water partition coefficient (Wildman–Crippen LogP) is 0.0219. The summed E-state index contributed by atoms with van der Waals surface area (Å²) in [5.74, 6) is 0.0417. The minimum atomic E-state index is -0.157. The Kier molecular flexibility index (Phi) is 2.69. The molecule has 0 saturated carbocycles. The average molecular weight is 115 g/mol. The number of ketones is 1. The summed E-state index contributed by atoms with van der Waals surface area (Å²) in [4.78, 5) is 10.3. The van der Waals surface area contributed by atoms with E-state index < -0.39 is 0 Å². The Labute approximate surface area is 48.1 Å². The quantitative estimate of drug-likeness (QED) is 0.408. The van der Waals surface area contributed by atoms with Crippen molar-refractivity contribution in [3.8, 4) is 0 Å². The van der Waals surface area contributed by atoms with E-state index >= 15 is 0 Å². The second-order valence-corrected chi connectivity index (χ2v) is 1.29. The van der Waals surface area contributed by atoms with Gasteiger partial charge in [-0.3, -0.25) is 4.79 Å². The molecule has 0 aromatic carbocycles. The number of hydrogen-bond acceptors (Lipinski definition) is 3. The van der Waals surface area contributed by atoms with Crippen LogP contribution in [0.2, 0.25) is 0 Å². The highest BCUT2D eigenvalue weighted by Gasteiger charge is 1.98. The van der Waals surface area contributed by atoms with Crippen molar-refractivity contribution in [2.45, 2.75) is 6.92 Å². The maximum atomic E-state index is 10.3. The van der Waals surface area contributed by atoms with E-state index in [-0.39, 0.29) is 11.5 Å². The lowest BCUT2D eigenvalue weighted by atomic mass is 10.4. The summed E-state index contributed by atoms with van der Waals surface area (Å²) in [6, 6.07) is 0. The van der Waals surface area contributed by atoms with Gasteiger partial charge in [-0.05, 0) is 0 Å². The van der Waals surface area contributed by atoms with E-state index in [9.17, 15) is 4.79 Å². The number of methoxy groups -OCH3 is 1. The first-order chi connectivity index (χ1) is 3.72. The molecule has 0 saturated heterocycles. The lowest BCUT2D eigenvalue weighted by molar-refractivity contribution is -0.116. The summed E-state index contributed by atoms with van der Waals surface area (Å²) >= 11 is 0. The van der Waals surface area contributed by atoms with Gasteiger partial charge in [0.2, 0.25) is 0 Å². The molecule has 0 bridgehead atoms. The molecular formula is C5H9NO2. The molecule has 46 valence electrons. The molecule has 0 aliphatic rings. The van der Waals surface area contributed by atoms with E-state index in [0.29, 0.717) is 0 Å². The number of ether oxygens (including phenoxy) is 1. The zero-order valence-corrected chi connectivity index (χ0v) is 4.97. The van der Waals surface area contributed by atoms with Crippen LogP contribution in [0, 0.1) is 0 Å². The zero-order valence-electron chi connectivity index (χ0n) is 4.97. The minimum absolute atomic E-state index is 0.157. The lowest BCUT2D eigenvalue weighted by Gasteiger charge is -1.96. The van der Waals surface area contributed by atoms with Gasteiger partial charge in [-0.2, -0.15) is 0 Å². The summed E-state index contributed by atoms with van der Waals surface area (Å²) in [6.07, 6.45) is 1.14. The van der Waals surface area contributed by atoms with Gasteiger partial charge in [0.15, 0.2) is 11.5 Å². The van der Waals surface area contributed by atoms with Crippen LogP contribution in [0.5, 0.6) is 0 Å². The van der Waals surface area contributed by atoms with Gasteiger partial charge in [-0.15, -0.1) is 0 Å². The van der Waals surface area contributed by atoms with Crippen LogP contribution < -0.4 is 5.73 Å². The molecule has 0 aromatic rings. The van der Waals surface area contributed by atoms with Crippen molar-refractivity contribution in [2.24, 2.45) is 5.73 Å². The topological polar surface area (TPSA) is 52.3 Å². The number of nitrogens with two attached hydrogens (primary N) is 1. The highest BCUT2D eigenvalue weighted by molar-refractivity contribution is 5.90. The van der Waals surface area contributed by atoms with Gasteiger partial charge < -0.3 is 10.5 Å². The Hall–Kier alpha value is -0.990. The fourth-order valence-electron chi connectivity index (χ4n) is 0.329. The molecule has 8 heavy (non-hydrogen) atoms. The van der Waals surface area contributed by atoms with Crippen molar-refractivity contribution in [3.05, 3.63) is 12.0 Å². The van der Waals surface area contributed by atoms with Gasteiger partial charge >= 0.3 is 0 Å². The lowest BCUT2D eigenvalue weighted by Crippen LogP contribution is -2.01. The molecule has 0 fully saturated rings. The normalized spacial score (nSPS) is 11.0. The van der Waals surface area contributed by atoms with Crippen LogP contribution in [0.3, 0.4) is 0 Å². The van der Waals surface area contributed by atoms with E-state index in [4.69, 9.17) is 5.73 Å². The minimum Gasteiger partial charge on any atom is -0.492 e. The standard InChI is InChI=1S/C5H9NO2/c1-4(7)5(3-6)8-2/h3H,6H2,1-2H3/b5-3-. The maximum Gasteiger partial charge on any atom is 0.195 e. The van der Waals surface area contributed by atoms with Crippen LogP contribution in [0.4, 0.5) is 0 Å². The summed E-state index contributed by atoms with van der Waals surface area (Å²) < 4.78 is 4.55. The number of hydrogen-bond donors (Lipinski definition) is 1. The van der Waals surface area contributed by atoms with Crippen molar-refractivity contribution in [3.63, 3.8) is 0 Å². The molecular weight excluding hydrogens is 106 g/mol. The van der Waals surface area contributed by atoms with Gasteiger partial charge in [0, 0.05) is 13.1 Å². The zero-order chi connectivity index (χ0) is 6.57. The third-order valence-electron chi connectivity index (χ3n) is 0.718. The Morgan fingerprint density at radius 2 is 2.25 bits per heavy atom. The van der Waals surface area contributed by atoms with Crippen molar-refractivity contribution < 1.29 is 9.53 Å². The fourth-order valence-corrected chi connectivity index (χ4v) is 0.329. The van der Waals surface area contributed by atoms with Crippen molar-refractivity contribution in [2.75, 3.05) is 7.11 Å². The third kappa shape index (κ3) is 1.64. The Morgan fingerprint density at radius 1 is 1.75 bits per heavy atom. The summed E-state index contributed by atoms with van der Waals surface area (Å²) in [5.41, 5.74) is 4.98. The van der Waals surface area contributed by atoms with Crippen LogP contribution in [-0.4, -0.2) is 12.9 Å². The molecule has 0 rings (SSSR count). The summed E-state index contributed by atoms with van der Waals surface area (Å²) in [6.45, 7) is 1.39. The van der Waals surface area contributed by atoms with Crippen LogP contribution in [0.1, 0.15) is 6.92 Å². The first-order valence-electron chi connectivity index (χ1n) is 2.19. The number of carbonyl (C=O) groups is 1. The van der Waals surface area contributed by atoms with Gasteiger partial charge in [-0.25, -0.2) is 0 Å². The van der Waals surface area contributed by atoms with Crippen LogP contribution in [0.15, 0.2) is 12.0 Å². The Morgan fingerprint density at radius 3 is 2.25 bits per heavy atom. The van der Waals surface area contributed by atoms with Gasteiger partial charge in [-0.1, -0.05) is 0 Å².